The van der Waals surface area contributed by atoms with E-state index in [0.29, 0.717) is 0 Å². The highest BCUT2D eigenvalue weighted by molar-refractivity contribution is 7.99. The number of hydrogen-bond donors (Lipinski definition) is 0. The van der Waals surface area contributed by atoms with E-state index >= 15 is 0 Å². The number of rotatable bonds is 3. The molecule has 0 N–H and O–H groups in total. The summed E-state index contributed by atoms with van der Waals surface area (Å²) in [4.78, 5) is 18.3. The van der Waals surface area contributed by atoms with Gasteiger partial charge in [-0.15, -0.1) is 11.8 Å². The van der Waals surface area contributed by atoms with Crippen molar-refractivity contribution in [3.8, 4) is 0 Å². The van der Waals surface area contributed by atoms with Gasteiger partial charge in [0.1, 0.15) is 6.04 Å². The van der Waals surface area contributed by atoms with Gasteiger partial charge in [-0.2, -0.15) is 0 Å². The molecule has 2 aromatic rings. The van der Waals surface area contributed by atoms with Crippen molar-refractivity contribution in [2.24, 2.45) is 0 Å². The van der Waals surface area contributed by atoms with Crippen LogP contribution >= 0.6 is 11.8 Å². The number of amides is 1. The molecule has 2 aliphatic heterocycles. The molecule has 23 heavy (non-hydrogen) atoms. The van der Waals surface area contributed by atoms with E-state index < -0.39 is 0 Å². The third kappa shape index (κ3) is 2.61. The molecule has 2 unspecified atom stereocenters. The Morgan fingerprint density at radius 2 is 1.83 bits per heavy atom. The zero-order chi connectivity index (χ0) is 15.8. The Morgan fingerprint density at radius 3 is 2.65 bits per heavy atom. The molecule has 2 atom stereocenters. The molecule has 0 saturated carbocycles. The molecule has 0 spiro atoms. The Morgan fingerprint density at radius 1 is 1.09 bits per heavy atom. The molecule has 3 nitrogen and oxygen atoms in total. The normalized spacial score (nSPS) is 23.4. The van der Waals surface area contributed by atoms with Crippen LogP contribution in [0.2, 0.25) is 0 Å². The molecule has 0 bridgehead atoms. The van der Waals surface area contributed by atoms with E-state index in [0.717, 1.165) is 18.7 Å². The van der Waals surface area contributed by atoms with E-state index in [1.54, 1.807) is 0 Å². The Hall–Kier alpha value is -1.94. The minimum absolute atomic E-state index is 0.0233. The summed E-state index contributed by atoms with van der Waals surface area (Å²) in [5.41, 5.74) is 2.51. The average molecular weight is 324 g/mol. The molecule has 1 fully saturated rings. The molecule has 0 aliphatic carbocycles. The number of benzene rings is 2. The Labute approximate surface area is 141 Å². The number of likely N-dealkylation sites (tertiary alicyclic amines) is 1. The molecule has 2 aromatic carbocycles. The van der Waals surface area contributed by atoms with Crippen LogP contribution < -0.4 is 4.90 Å². The van der Waals surface area contributed by atoms with Crippen LogP contribution in [0.25, 0.3) is 0 Å². The first kappa shape index (κ1) is 14.6. The van der Waals surface area contributed by atoms with Crippen LogP contribution in [0.1, 0.15) is 12.0 Å². The van der Waals surface area contributed by atoms with Gasteiger partial charge in [-0.25, -0.2) is 0 Å². The quantitative estimate of drug-likeness (QED) is 0.864. The zero-order valence-electron chi connectivity index (χ0n) is 13.2. The predicted molar refractivity (Wildman–Crippen MR) is 94.8 cm³/mol. The van der Waals surface area contributed by atoms with Gasteiger partial charge < -0.3 is 9.80 Å². The number of thioether (sulfide) groups is 1. The second kappa shape index (κ2) is 5.93. The van der Waals surface area contributed by atoms with E-state index in [-0.39, 0.29) is 18.0 Å². The first-order valence-electron chi connectivity index (χ1n) is 8.03. The van der Waals surface area contributed by atoms with E-state index in [1.807, 2.05) is 29.8 Å². The summed E-state index contributed by atoms with van der Waals surface area (Å²) in [6.07, 6.45) is 1.83. The van der Waals surface area contributed by atoms with Gasteiger partial charge in [0.2, 0.25) is 5.91 Å². The van der Waals surface area contributed by atoms with Crippen molar-refractivity contribution < 1.29 is 4.79 Å². The Kier molecular flexibility index (Phi) is 3.77. The van der Waals surface area contributed by atoms with Crippen LogP contribution in [0.3, 0.4) is 0 Å². The van der Waals surface area contributed by atoms with Gasteiger partial charge in [-0.05, 0) is 30.5 Å². The number of anilines is 1. The second-order valence-electron chi connectivity index (χ2n) is 6.26. The number of para-hydroxylation sites is 1. The van der Waals surface area contributed by atoms with E-state index in [9.17, 15) is 4.79 Å². The minimum atomic E-state index is -0.0233. The average Bonchev–Trinajstić information content (AvgIpc) is 3.12. The highest BCUT2D eigenvalue weighted by atomic mass is 32.2. The van der Waals surface area contributed by atoms with Crippen LogP contribution in [0.15, 0.2) is 59.5 Å². The van der Waals surface area contributed by atoms with Crippen LogP contribution in [0.4, 0.5) is 5.69 Å². The number of carbonyl (C=O) groups is 1. The van der Waals surface area contributed by atoms with E-state index in [4.69, 9.17) is 0 Å². The lowest BCUT2D eigenvalue weighted by Gasteiger charge is -2.24. The zero-order valence-corrected chi connectivity index (χ0v) is 14.0. The number of fused-ring (bicyclic) bond motifs is 1. The third-order valence-electron chi connectivity index (χ3n) is 4.90. The number of likely N-dealkylation sites (N-methyl/N-ethyl adjacent to an activating group) is 1. The van der Waals surface area contributed by atoms with Crippen LogP contribution in [-0.2, 0) is 11.2 Å². The predicted octanol–water partition coefficient (Wildman–Crippen LogP) is 3.40. The molecule has 1 saturated heterocycles. The molecule has 4 rings (SSSR count). The maximum absolute atomic E-state index is 12.8. The summed E-state index contributed by atoms with van der Waals surface area (Å²) >= 11 is 1.83. The van der Waals surface area contributed by atoms with Crippen molar-refractivity contribution in [3.63, 3.8) is 0 Å². The number of hydrogen-bond acceptors (Lipinski definition) is 3. The molecule has 2 heterocycles. The molecule has 0 aromatic heterocycles. The van der Waals surface area contributed by atoms with Crippen molar-refractivity contribution in [1.82, 2.24) is 4.90 Å². The lowest BCUT2D eigenvalue weighted by molar-refractivity contribution is -0.128. The summed E-state index contributed by atoms with van der Waals surface area (Å²) in [7, 11) is 1.95. The summed E-state index contributed by atoms with van der Waals surface area (Å²) in [5.74, 6) is 1.13. The van der Waals surface area contributed by atoms with Gasteiger partial charge in [0.15, 0.2) is 0 Å². The lowest BCUT2D eigenvalue weighted by Crippen LogP contribution is -2.39. The van der Waals surface area contributed by atoms with Crippen LogP contribution in [0, 0.1) is 0 Å². The second-order valence-corrected chi connectivity index (χ2v) is 7.24. The fourth-order valence-corrected chi connectivity index (χ4v) is 4.69. The largest absolute Gasteiger partial charge is 0.349 e. The molecule has 4 heteroatoms. The Bertz CT molecular complexity index is 718. The van der Waals surface area contributed by atoms with Crippen molar-refractivity contribution >= 4 is 23.4 Å². The summed E-state index contributed by atoms with van der Waals surface area (Å²) in [6.45, 7) is 0. The van der Waals surface area contributed by atoms with Crippen LogP contribution in [-0.4, -0.2) is 35.8 Å². The lowest BCUT2D eigenvalue weighted by atomic mass is 10.0. The fraction of sp³-hybridized carbons (Fsp3) is 0.316. The van der Waals surface area contributed by atoms with Gasteiger partial charge in [0.25, 0.3) is 0 Å². The SMILES string of the molecule is CN1C(=O)C(N2CSc3ccccc32)CC1Cc1ccccc1. The molecule has 2 aliphatic rings. The topological polar surface area (TPSA) is 23.6 Å². The smallest absolute Gasteiger partial charge is 0.245 e. The van der Waals surface area contributed by atoms with Crippen molar-refractivity contribution in [1.29, 1.82) is 0 Å². The summed E-state index contributed by atoms with van der Waals surface area (Å²) < 4.78 is 0. The Balaban J connectivity index is 1.54. The van der Waals surface area contributed by atoms with Crippen molar-refractivity contribution in [2.45, 2.75) is 29.8 Å². The highest BCUT2D eigenvalue weighted by Crippen LogP contribution is 2.41. The molecule has 118 valence electrons. The molecule has 0 radical (unpaired) electrons. The first-order valence-corrected chi connectivity index (χ1v) is 9.01. The van der Waals surface area contributed by atoms with Gasteiger partial charge in [0.05, 0.1) is 11.6 Å². The molecule has 1 amide bonds. The third-order valence-corrected chi connectivity index (χ3v) is 5.96. The number of nitrogens with zero attached hydrogens (tertiary/aromatic N) is 2. The standard InChI is InChI=1S/C19H20N2OS/c1-20-15(11-14-7-3-2-4-8-14)12-17(19(20)22)21-13-23-18-10-6-5-9-16(18)21/h2-10,15,17H,11-13H2,1H3. The maximum Gasteiger partial charge on any atom is 0.245 e. The van der Waals surface area contributed by atoms with Crippen LogP contribution in [0.5, 0.6) is 0 Å². The first-order chi connectivity index (χ1) is 11.2. The van der Waals surface area contributed by atoms with Gasteiger partial charge in [-0.3, -0.25) is 4.79 Å². The maximum atomic E-state index is 12.8. The van der Waals surface area contributed by atoms with E-state index in [2.05, 4.69) is 53.4 Å². The van der Waals surface area contributed by atoms with Crippen molar-refractivity contribution in [2.75, 3.05) is 17.8 Å². The molecular weight excluding hydrogens is 304 g/mol. The monoisotopic (exact) mass is 324 g/mol. The van der Waals surface area contributed by atoms with Gasteiger partial charge in [0, 0.05) is 18.0 Å². The summed E-state index contributed by atoms with van der Waals surface area (Å²) in [5, 5.41) is 0. The molecular formula is C19H20N2OS. The minimum Gasteiger partial charge on any atom is -0.349 e. The van der Waals surface area contributed by atoms with Gasteiger partial charge in [-0.1, -0.05) is 42.5 Å². The fourth-order valence-electron chi connectivity index (χ4n) is 3.58. The van der Waals surface area contributed by atoms with Crippen molar-refractivity contribution in [3.05, 3.63) is 60.2 Å². The number of carbonyl (C=O) groups excluding carboxylic acids is 1. The highest BCUT2D eigenvalue weighted by Gasteiger charge is 2.42. The van der Waals surface area contributed by atoms with E-state index in [1.165, 1.54) is 16.1 Å². The van der Waals surface area contributed by atoms with Gasteiger partial charge >= 0.3 is 0 Å². The summed E-state index contributed by atoms with van der Waals surface area (Å²) in [6, 6.07) is 19.1.